The summed E-state index contributed by atoms with van der Waals surface area (Å²) in [5.74, 6) is -1.98. The number of hydrogen-bond donors (Lipinski definition) is 2. The average molecular weight is 255 g/mol. The summed E-state index contributed by atoms with van der Waals surface area (Å²) in [6, 6.07) is 5.07. The lowest BCUT2D eigenvalue weighted by atomic mass is 10.0. The normalized spacial score (nSPS) is 10.6. The first kappa shape index (κ1) is 13.3. The zero-order chi connectivity index (χ0) is 12.8. The van der Waals surface area contributed by atoms with Gasteiger partial charge < -0.3 is 10.2 Å². The Labute approximate surface area is 103 Å². The van der Waals surface area contributed by atoms with Crippen molar-refractivity contribution in [3.8, 4) is 0 Å². The van der Waals surface area contributed by atoms with Gasteiger partial charge in [-0.05, 0) is 29.7 Å². The van der Waals surface area contributed by atoms with Gasteiger partial charge >= 0.3 is 11.9 Å². The fourth-order valence-corrected chi connectivity index (χ4v) is 1.64. The monoisotopic (exact) mass is 254 g/mol. The van der Waals surface area contributed by atoms with Crippen LogP contribution in [0.1, 0.15) is 17.5 Å². The first-order valence-corrected chi connectivity index (χ1v) is 5.28. The van der Waals surface area contributed by atoms with Crippen LogP contribution in [0.3, 0.4) is 0 Å². The second kappa shape index (κ2) is 6.06. The van der Waals surface area contributed by atoms with E-state index in [0.717, 1.165) is 11.6 Å². The molecule has 0 bridgehead atoms. The molecule has 0 heterocycles. The highest BCUT2D eigenvalue weighted by Gasteiger charge is 2.06. The molecule has 1 rings (SSSR count). The van der Waals surface area contributed by atoms with Gasteiger partial charge in [0.2, 0.25) is 0 Å². The van der Waals surface area contributed by atoms with Crippen LogP contribution in [0.4, 0.5) is 0 Å². The minimum Gasteiger partial charge on any atom is -0.481 e. The van der Waals surface area contributed by atoms with Crippen molar-refractivity contribution in [2.24, 2.45) is 0 Å². The Hall–Kier alpha value is -1.81. The van der Waals surface area contributed by atoms with E-state index >= 15 is 0 Å². The predicted octanol–water partition coefficient (Wildman–Crippen LogP) is 2.46. The molecule has 5 heteroatoms. The van der Waals surface area contributed by atoms with Gasteiger partial charge in [-0.25, -0.2) is 4.79 Å². The molecule has 0 aliphatic rings. The van der Waals surface area contributed by atoms with Gasteiger partial charge in [0.15, 0.2) is 0 Å². The first-order chi connectivity index (χ1) is 8.00. The van der Waals surface area contributed by atoms with E-state index in [1.807, 2.05) is 0 Å². The maximum atomic E-state index is 10.5. The molecule has 0 aromatic heterocycles. The van der Waals surface area contributed by atoms with Crippen LogP contribution in [-0.2, 0) is 16.0 Å². The van der Waals surface area contributed by atoms with Crippen LogP contribution in [0.5, 0.6) is 0 Å². The van der Waals surface area contributed by atoms with Crippen molar-refractivity contribution in [3.05, 3.63) is 40.4 Å². The molecule has 0 amide bonds. The van der Waals surface area contributed by atoms with Gasteiger partial charge in [0.05, 0.1) is 0 Å². The maximum Gasteiger partial charge on any atom is 0.328 e. The molecule has 0 saturated carbocycles. The summed E-state index contributed by atoms with van der Waals surface area (Å²) in [6.07, 6.45) is 2.65. The zero-order valence-electron chi connectivity index (χ0n) is 8.89. The lowest BCUT2D eigenvalue weighted by molar-refractivity contribution is -0.137. The molecule has 0 atom stereocenters. The minimum atomic E-state index is -1.07. The van der Waals surface area contributed by atoms with Gasteiger partial charge in [0.25, 0.3) is 0 Å². The van der Waals surface area contributed by atoms with Gasteiger partial charge in [-0.3, -0.25) is 4.79 Å². The number of carboxylic acids is 2. The van der Waals surface area contributed by atoms with Crippen LogP contribution in [0, 0.1) is 0 Å². The summed E-state index contributed by atoms with van der Waals surface area (Å²) in [4.78, 5) is 20.9. The lowest BCUT2D eigenvalue weighted by Gasteiger charge is -2.06. The van der Waals surface area contributed by atoms with Gasteiger partial charge in [-0.1, -0.05) is 23.7 Å². The molecule has 0 fully saturated rings. The second-order valence-corrected chi connectivity index (χ2v) is 3.79. The maximum absolute atomic E-state index is 10.5. The van der Waals surface area contributed by atoms with Crippen molar-refractivity contribution >= 4 is 29.6 Å². The standard InChI is InChI=1S/C12H11ClO4/c13-10-3-1-2-8(4-6-11(14)15)9(10)5-7-12(16)17/h1-3,5,7H,4,6H2,(H,14,15)(H,16,17)/b7-5+. The Bertz CT molecular complexity index is 466. The van der Waals surface area contributed by atoms with Crippen LogP contribution in [0.25, 0.3) is 6.08 Å². The number of aryl methyl sites for hydroxylation is 1. The summed E-state index contributed by atoms with van der Waals surface area (Å²) in [5, 5.41) is 17.6. The molecule has 17 heavy (non-hydrogen) atoms. The fourth-order valence-electron chi connectivity index (χ4n) is 1.38. The van der Waals surface area contributed by atoms with E-state index in [1.54, 1.807) is 18.2 Å². The van der Waals surface area contributed by atoms with E-state index in [4.69, 9.17) is 21.8 Å². The van der Waals surface area contributed by atoms with E-state index in [9.17, 15) is 9.59 Å². The van der Waals surface area contributed by atoms with Crippen molar-refractivity contribution in [1.82, 2.24) is 0 Å². The Morgan fingerprint density at radius 2 is 2.00 bits per heavy atom. The largest absolute Gasteiger partial charge is 0.481 e. The molecule has 4 nitrogen and oxygen atoms in total. The summed E-state index contributed by atoms with van der Waals surface area (Å²) < 4.78 is 0. The Morgan fingerprint density at radius 3 is 2.59 bits per heavy atom. The highest BCUT2D eigenvalue weighted by molar-refractivity contribution is 6.32. The summed E-state index contributed by atoms with van der Waals surface area (Å²) >= 11 is 5.94. The van der Waals surface area contributed by atoms with Gasteiger partial charge in [-0.15, -0.1) is 0 Å². The highest BCUT2D eigenvalue weighted by Crippen LogP contribution is 2.22. The molecule has 0 radical (unpaired) electrons. The molecule has 0 saturated heterocycles. The molecule has 1 aromatic carbocycles. The Balaban J connectivity index is 2.99. The van der Waals surface area contributed by atoms with Crippen LogP contribution < -0.4 is 0 Å². The predicted molar refractivity (Wildman–Crippen MR) is 64.1 cm³/mol. The number of hydrogen-bond acceptors (Lipinski definition) is 2. The van der Waals surface area contributed by atoms with Crippen molar-refractivity contribution in [2.75, 3.05) is 0 Å². The molecular weight excluding hydrogens is 244 g/mol. The van der Waals surface area contributed by atoms with Crippen LogP contribution in [-0.4, -0.2) is 22.2 Å². The molecule has 1 aromatic rings. The number of benzene rings is 1. The van der Waals surface area contributed by atoms with E-state index < -0.39 is 11.9 Å². The number of halogens is 1. The number of rotatable bonds is 5. The fraction of sp³-hybridized carbons (Fsp3) is 0.167. The highest BCUT2D eigenvalue weighted by atomic mass is 35.5. The van der Waals surface area contributed by atoms with Gasteiger partial charge in [0.1, 0.15) is 0 Å². The lowest BCUT2D eigenvalue weighted by Crippen LogP contribution is -1.99. The number of carbonyl (C=O) groups is 2. The average Bonchev–Trinajstić information content (AvgIpc) is 2.24. The molecule has 0 aliphatic carbocycles. The Kier molecular flexibility index (Phi) is 4.72. The Morgan fingerprint density at radius 1 is 1.29 bits per heavy atom. The molecule has 90 valence electrons. The SMILES string of the molecule is O=C(O)/C=C/c1c(Cl)cccc1CCC(=O)O. The zero-order valence-corrected chi connectivity index (χ0v) is 9.65. The third-order valence-corrected chi connectivity index (χ3v) is 2.47. The molecule has 0 unspecified atom stereocenters. The molecule has 0 spiro atoms. The summed E-state index contributed by atoms with van der Waals surface area (Å²) in [6.45, 7) is 0. The number of carboxylic acid groups (broad SMARTS) is 2. The number of aliphatic carboxylic acids is 2. The third kappa shape index (κ3) is 4.28. The van der Waals surface area contributed by atoms with E-state index in [-0.39, 0.29) is 6.42 Å². The van der Waals surface area contributed by atoms with Crippen LogP contribution in [0.2, 0.25) is 5.02 Å². The minimum absolute atomic E-state index is 0.0196. The summed E-state index contributed by atoms with van der Waals surface area (Å²) in [7, 11) is 0. The van der Waals surface area contributed by atoms with E-state index in [2.05, 4.69) is 0 Å². The smallest absolute Gasteiger partial charge is 0.328 e. The van der Waals surface area contributed by atoms with Crippen LogP contribution >= 0.6 is 11.6 Å². The molecule has 2 N–H and O–H groups in total. The van der Waals surface area contributed by atoms with Crippen molar-refractivity contribution in [3.63, 3.8) is 0 Å². The quantitative estimate of drug-likeness (QED) is 0.792. The van der Waals surface area contributed by atoms with Crippen molar-refractivity contribution < 1.29 is 19.8 Å². The van der Waals surface area contributed by atoms with Gasteiger partial charge in [0, 0.05) is 17.5 Å². The van der Waals surface area contributed by atoms with Crippen LogP contribution in [0.15, 0.2) is 24.3 Å². The first-order valence-electron chi connectivity index (χ1n) is 4.91. The van der Waals surface area contributed by atoms with E-state index in [1.165, 1.54) is 6.08 Å². The third-order valence-electron chi connectivity index (χ3n) is 2.14. The van der Waals surface area contributed by atoms with Gasteiger partial charge in [-0.2, -0.15) is 0 Å². The van der Waals surface area contributed by atoms with Crippen molar-refractivity contribution in [1.29, 1.82) is 0 Å². The molecular formula is C12H11ClO4. The van der Waals surface area contributed by atoms with E-state index in [0.29, 0.717) is 17.0 Å². The topological polar surface area (TPSA) is 74.6 Å². The van der Waals surface area contributed by atoms with Crippen molar-refractivity contribution in [2.45, 2.75) is 12.8 Å². The summed E-state index contributed by atoms with van der Waals surface area (Å²) in [5.41, 5.74) is 1.27. The molecule has 0 aliphatic heterocycles. The second-order valence-electron chi connectivity index (χ2n) is 3.38.